The number of benzene rings is 1. The van der Waals surface area contributed by atoms with E-state index in [1.54, 1.807) is 13.3 Å². The molecule has 2 saturated heterocycles. The molecule has 3 aromatic rings. The zero-order valence-corrected chi connectivity index (χ0v) is 16.2. The van der Waals surface area contributed by atoms with Crippen LogP contribution >= 0.6 is 0 Å². The SMILES string of the molecule is COc1cc(C)ccc1-c1nnc(NC2CC3CCC(C2)O3)c2cnccc12. The van der Waals surface area contributed by atoms with Crippen LogP contribution in [-0.2, 0) is 4.74 Å². The maximum Gasteiger partial charge on any atom is 0.158 e. The van der Waals surface area contributed by atoms with Crippen LogP contribution in [-0.4, -0.2) is 40.5 Å². The summed E-state index contributed by atoms with van der Waals surface area (Å²) in [5, 5.41) is 14.7. The average Bonchev–Trinajstić information content (AvgIpc) is 3.06. The van der Waals surface area contributed by atoms with Crippen LogP contribution in [0, 0.1) is 6.92 Å². The van der Waals surface area contributed by atoms with Crippen LogP contribution in [0.15, 0.2) is 36.7 Å². The first-order chi connectivity index (χ1) is 13.7. The lowest BCUT2D eigenvalue weighted by Gasteiger charge is -2.29. The Kier molecular flexibility index (Phi) is 4.36. The molecule has 2 aliphatic rings. The van der Waals surface area contributed by atoms with Crippen LogP contribution in [0.25, 0.3) is 22.0 Å². The summed E-state index contributed by atoms with van der Waals surface area (Å²) in [6.07, 6.45) is 8.80. The summed E-state index contributed by atoms with van der Waals surface area (Å²) in [5.41, 5.74) is 2.89. The van der Waals surface area contributed by atoms with Crippen LogP contribution in [0.3, 0.4) is 0 Å². The molecule has 0 amide bonds. The van der Waals surface area contributed by atoms with Gasteiger partial charge in [0, 0.05) is 34.8 Å². The summed E-state index contributed by atoms with van der Waals surface area (Å²) in [4.78, 5) is 4.34. The molecule has 144 valence electrons. The van der Waals surface area contributed by atoms with Gasteiger partial charge in [-0.15, -0.1) is 10.2 Å². The molecule has 4 heterocycles. The summed E-state index contributed by atoms with van der Waals surface area (Å²) in [6, 6.07) is 8.49. The van der Waals surface area contributed by atoms with Gasteiger partial charge < -0.3 is 14.8 Å². The molecule has 6 heteroatoms. The van der Waals surface area contributed by atoms with Gasteiger partial charge in [0.1, 0.15) is 11.4 Å². The van der Waals surface area contributed by atoms with Crippen LogP contribution in [0.1, 0.15) is 31.2 Å². The molecule has 0 spiro atoms. The lowest BCUT2D eigenvalue weighted by atomic mass is 10.0. The van der Waals surface area contributed by atoms with E-state index in [1.165, 1.54) is 12.8 Å². The van der Waals surface area contributed by atoms with Crippen molar-refractivity contribution >= 4 is 16.6 Å². The second-order valence-electron chi connectivity index (χ2n) is 7.79. The van der Waals surface area contributed by atoms with Gasteiger partial charge in [0.05, 0.1) is 19.3 Å². The molecule has 0 radical (unpaired) electrons. The second kappa shape index (κ2) is 7.02. The molecule has 1 N–H and O–H groups in total. The number of methoxy groups -OCH3 is 1. The predicted octanol–water partition coefficient (Wildman–Crippen LogP) is 4.13. The molecular weight excluding hydrogens is 352 g/mol. The van der Waals surface area contributed by atoms with Gasteiger partial charge in [0.2, 0.25) is 0 Å². The molecule has 5 rings (SSSR count). The van der Waals surface area contributed by atoms with E-state index >= 15 is 0 Å². The van der Waals surface area contributed by atoms with Crippen molar-refractivity contribution in [1.29, 1.82) is 0 Å². The highest BCUT2D eigenvalue weighted by atomic mass is 16.5. The van der Waals surface area contributed by atoms with Gasteiger partial charge in [-0.1, -0.05) is 6.07 Å². The first-order valence-corrected chi connectivity index (χ1v) is 9.88. The normalized spacial score (nSPS) is 23.7. The molecule has 0 saturated carbocycles. The van der Waals surface area contributed by atoms with Crippen LogP contribution in [0.2, 0.25) is 0 Å². The maximum atomic E-state index is 5.96. The number of nitrogens with one attached hydrogen (secondary N) is 1. The highest BCUT2D eigenvalue weighted by molar-refractivity contribution is 6.00. The number of aromatic nitrogens is 3. The van der Waals surface area contributed by atoms with Gasteiger partial charge in [-0.2, -0.15) is 0 Å². The Balaban J connectivity index is 1.54. The zero-order chi connectivity index (χ0) is 19.1. The van der Waals surface area contributed by atoms with Crippen LogP contribution < -0.4 is 10.1 Å². The Labute approximate surface area is 164 Å². The fourth-order valence-corrected chi connectivity index (χ4v) is 4.47. The second-order valence-corrected chi connectivity index (χ2v) is 7.79. The van der Waals surface area contributed by atoms with Gasteiger partial charge in [0.25, 0.3) is 0 Å². The zero-order valence-electron chi connectivity index (χ0n) is 16.2. The summed E-state index contributed by atoms with van der Waals surface area (Å²) < 4.78 is 11.6. The molecule has 2 aliphatic heterocycles. The Morgan fingerprint density at radius 3 is 2.68 bits per heavy atom. The Morgan fingerprint density at radius 2 is 1.89 bits per heavy atom. The first-order valence-electron chi connectivity index (χ1n) is 9.88. The topological polar surface area (TPSA) is 69.2 Å². The highest BCUT2D eigenvalue weighted by Crippen LogP contribution is 2.37. The van der Waals surface area contributed by atoms with E-state index in [0.717, 1.165) is 52.0 Å². The monoisotopic (exact) mass is 376 g/mol. The van der Waals surface area contributed by atoms with E-state index in [2.05, 4.69) is 26.6 Å². The van der Waals surface area contributed by atoms with E-state index in [1.807, 2.05) is 31.3 Å². The molecule has 0 aliphatic carbocycles. The fourth-order valence-electron chi connectivity index (χ4n) is 4.47. The molecule has 2 aromatic heterocycles. The van der Waals surface area contributed by atoms with E-state index in [9.17, 15) is 0 Å². The third kappa shape index (κ3) is 3.07. The van der Waals surface area contributed by atoms with Crippen LogP contribution in [0.5, 0.6) is 5.75 Å². The molecule has 2 unspecified atom stereocenters. The van der Waals surface area contributed by atoms with Crippen molar-refractivity contribution in [2.45, 2.75) is 50.9 Å². The van der Waals surface area contributed by atoms with Gasteiger partial charge in [-0.3, -0.25) is 4.98 Å². The fraction of sp³-hybridized carbons (Fsp3) is 0.409. The van der Waals surface area contributed by atoms with Crippen molar-refractivity contribution in [2.75, 3.05) is 12.4 Å². The third-order valence-corrected chi connectivity index (χ3v) is 5.82. The van der Waals surface area contributed by atoms with E-state index in [4.69, 9.17) is 9.47 Å². The van der Waals surface area contributed by atoms with Gasteiger partial charge in [-0.05, 0) is 56.4 Å². The molecule has 1 aromatic carbocycles. The maximum absolute atomic E-state index is 5.96. The minimum atomic E-state index is 0.365. The lowest BCUT2D eigenvalue weighted by molar-refractivity contribution is 0.000663. The van der Waals surface area contributed by atoms with Gasteiger partial charge in [0.15, 0.2) is 5.82 Å². The quantitative estimate of drug-likeness (QED) is 0.738. The average molecular weight is 376 g/mol. The molecular formula is C22H24N4O2. The molecule has 6 nitrogen and oxygen atoms in total. The Morgan fingerprint density at radius 1 is 1.07 bits per heavy atom. The van der Waals surface area contributed by atoms with Crippen molar-refractivity contribution in [1.82, 2.24) is 15.2 Å². The number of fused-ring (bicyclic) bond motifs is 3. The third-order valence-electron chi connectivity index (χ3n) is 5.82. The Bertz CT molecular complexity index is 1010. The van der Waals surface area contributed by atoms with E-state index in [-0.39, 0.29) is 0 Å². The van der Waals surface area contributed by atoms with Gasteiger partial charge >= 0.3 is 0 Å². The van der Waals surface area contributed by atoms with E-state index < -0.39 is 0 Å². The summed E-state index contributed by atoms with van der Waals surface area (Å²) in [6.45, 7) is 2.05. The largest absolute Gasteiger partial charge is 0.496 e. The Hall–Kier alpha value is -2.73. The van der Waals surface area contributed by atoms with Gasteiger partial charge in [-0.25, -0.2) is 0 Å². The molecule has 2 atom stereocenters. The minimum absolute atomic E-state index is 0.365. The summed E-state index contributed by atoms with van der Waals surface area (Å²) >= 11 is 0. The van der Waals surface area contributed by atoms with Crippen molar-refractivity contribution in [3.8, 4) is 17.0 Å². The number of nitrogens with zero attached hydrogens (tertiary/aromatic N) is 3. The smallest absolute Gasteiger partial charge is 0.158 e. The summed E-state index contributed by atoms with van der Waals surface area (Å²) in [7, 11) is 1.69. The summed E-state index contributed by atoms with van der Waals surface area (Å²) in [5.74, 6) is 1.60. The van der Waals surface area contributed by atoms with Crippen molar-refractivity contribution in [2.24, 2.45) is 0 Å². The number of hydrogen-bond acceptors (Lipinski definition) is 6. The van der Waals surface area contributed by atoms with Crippen molar-refractivity contribution in [3.05, 3.63) is 42.2 Å². The number of aryl methyl sites for hydroxylation is 1. The van der Waals surface area contributed by atoms with Crippen molar-refractivity contribution < 1.29 is 9.47 Å². The molecule has 2 fully saturated rings. The predicted molar refractivity (Wildman–Crippen MR) is 109 cm³/mol. The number of pyridine rings is 1. The van der Waals surface area contributed by atoms with Crippen LogP contribution in [0.4, 0.5) is 5.82 Å². The van der Waals surface area contributed by atoms with Crippen molar-refractivity contribution in [3.63, 3.8) is 0 Å². The number of ether oxygens (including phenoxy) is 2. The van der Waals surface area contributed by atoms with E-state index in [0.29, 0.717) is 18.2 Å². The molecule has 28 heavy (non-hydrogen) atoms. The molecule has 2 bridgehead atoms. The number of rotatable bonds is 4. The first kappa shape index (κ1) is 17.4. The minimum Gasteiger partial charge on any atom is -0.496 e. The highest BCUT2D eigenvalue weighted by Gasteiger charge is 2.35. The number of hydrogen-bond donors (Lipinski definition) is 1. The standard InChI is InChI=1S/C22H24N4O2/c1-13-3-6-18(20(9-13)27-2)21-17-7-8-23-12-19(17)22(26-25-21)24-14-10-15-4-5-16(11-14)28-15/h3,6-9,12,14-16H,4-5,10-11H2,1-2H3,(H,24,26). The number of anilines is 1. The lowest BCUT2D eigenvalue weighted by Crippen LogP contribution is -2.34.